The van der Waals surface area contributed by atoms with Gasteiger partial charge in [0.2, 0.25) is 0 Å². The van der Waals surface area contributed by atoms with Gasteiger partial charge in [-0.25, -0.2) is 9.59 Å². The zero-order chi connectivity index (χ0) is 18.7. The molecule has 1 saturated carbocycles. The topological polar surface area (TPSA) is 93.1 Å². The molecule has 0 aromatic rings. The van der Waals surface area contributed by atoms with Crippen molar-refractivity contribution < 1.29 is 29.3 Å². The third-order valence-corrected chi connectivity index (χ3v) is 5.83. The standard InChI is InChI=1S/C19H24O6/c1-8(2)17(22)25-16-11(20)6-9(3)14-15-13(10(4)18(23)24-15)12(21)7-19(14,16)5/h6,11-16,20-21H,1,4,7H2,2-3,5H3. The molecule has 0 bridgehead atoms. The van der Waals surface area contributed by atoms with Crippen LogP contribution in [0.15, 0.2) is 36.0 Å². The van der Waals surface area contributed by atoms with Crippen molar-refractivity contribution in [2.45, 2.75) is 51.6 Å². The van der Waals surface area contributed by atoms with Gasteiger partial charge in [-0.3, -0.25) is 0 Å². The van der Waals surface area contributed by atoms with E-state index in [-0.39, 0.29) is 23.5 Å². The summed E-state index contributed by atoms with van der Waals surface area (Å²) in [4.78, 5) is 24.0. The first kappa shape index (κ1) is 17.9. The van der Waals surface area contributed by atoms with Gasteiger partial charge < -0.3 is 19.7 Å². The van der Waals surface area contributed by atoms with Crippen molar-refractivity contribution in [1.29, 1.82) is 0 Å². The zero-order valence-electron chi connectivity index (χ0n) is 14.7. The summed E-state index contributed by atoms with van der Waals surface area (Å²) in [6.45, 7) is 12.6. The Labute approximate surface area is 146 Å². The third-order valence-electron chi connectivity index (χ3n) is 5.83. The molecule has 7 unspecified atom stereocenters. The predicted molar refractivity (Wildman–Crippen MR) is 89.2 cm³/mol. The van der Waals surface area contributed by atoms with Crippen LogP contribution < -0.4 is 0 Å². The Balaban J connectivity index is 2.04. The highest BCUT2D eigenvalue weighted by Crippen LogP contribution is 2.57. The van der Waals surface area contributed by atoms with Crippen LogP contribution in [-0.4, -0.2) is 46.6 Å². The number of hydrogen-bond donors (Lipinski definition) is 2. The summed E-state index contributed by atoms with van der Waals surface area (Å²) in [5, 5.41) is 21.2. The van der Waals surface area contributed by atoms with E-state index in [1.807, 2.05) is 13.8 Å². The molecule has 25 heavy (non-hydrogen) atoms. The molecule has 2 fully saturated rings. The number of hydrogen-bond acceptors (Lipinski definition) is 6. The minimum atomic E-state index is -1.01. The summed E-state index contributed by atoms with van der Waals surface area (Å²) in [6, 6.07) is 0. The molecule has 1 saturated heterocycles. The summed E-state index contributed by atoms with van der Waals surface area (Å²) >= 11 is 0. The lowest BCUT2D eigenvalue weighted by atomic mass is 9.54. The second-order valence-electron chi connectivity index (χ2n) is 7.68. The average molecular weight is 348 g/mol. The molecule has 0 amide bonds. The molecule has 136 valence electrons. The van der Waals surface area contributed by atoms with Gasteiger partial charge in [0.15, 0.2) is 0 Å². The monoisotopic (exact) mass is 348 g/mol. The van der Waals surface area contributed by atoms with Crippen molar-refractivity contribution in [3.8, 4) is 0 Å². The minimum absolute atomic E-state index is 0.230. The van der Waals surface area contributed by atoms with Gasteiger partial charge >= 0.3 is 11.9 Å². The Morgan fingerprint density at radius 2 is 2.08 bits per heavy atom. The van der Waals surface area contributed by atoms with Crippen LogP contribution in [0.5, 0.6) is 0 Å². The Bertz CT molecular complexity index is 692. The molecule has 6 heteroatoms. The SMILES string of the molecule is C=C(C)C(=O)OC1C(O)C=C(C)C2C3OC(=O)C(=C)C3C(O)CC12C. The number of fused-ring (bicyclic) bond motifs is 3. The van der Waals surface area contributed by atoms with Crippen LogP contribution in [0.1, 0.15) is 27.2 Å². The number of aliphatic hydroxyl groups is 2. The number of rotatable bonds is 2. The fraction of sp³-hybridized carbons (Fsp3) is 0.579. The van der Waals surface area contributed by atoms with Crippen LogP contribution in [0.2, 0.25) is 0 Å². The number of esters is 2. The van der Waals surface area contributed by atoms with E-state index in [1.165, 1.54) is 6.92 Å². The second kappa shape index (κ2) is 5.81. The van der Waals surface area contributed by atoms with Crippen LogP contribution in [0.3, 0.4) is 0 Å². The normalized spacial score (nSPS) is 42.8. The summed E-state index contributed by atoms with van der Waals surface area (Å²) in [6.07, 6.45) is -1.43. The number of carbonyl (C=O) groups is 2. The Morgan fingerprint density at radius 1 is 1.44 bits per heavy atom. The molecular weight excluding hydrogens is 324 g/mol. The largest absolute Gasteiger partial charge is 0.458 e. The van der Waals surface area contributed by atoms with E-state index < -0.39 is 47.7 Å². The molecule has 2 N–H and O–H groups in total. The van der Waals surface area contributed by atoms with Crippen molar-refractivity contribution in [3.05, 3.63) is 36.0 Å². The molecule has 0 radical (unpaired) electrons. The quantitative estimate of drug-likeness (QED) is 0.444. The van der Waals surface area contributed by atoms with Gasteiger partial charge in [-0.2, -0.15) is 0 Å². The molecule has 7 atom stereocenters. The summed E-state index contributed by atoms with van der Waals surface area (Å²) in [5.41, 5.74) is 0.569. The maximum Gasteiger partial charge on any atom is 0.334 e. The van der Waals surface area contributed by atoms with Crippen molar-refractivity contribution in [1.82, 2.24) is 0 Å². The van der Waals surface area contributed by atoms with Crippen LogP contribution in [0.25, 0.3) is 0 Å². The highest BCUT2D eigenvalue weighted by atomic mass is 16.6. The van der Waals surface area contributed by atoms with E-state index in [2.05, 4.69) is 13.2 Å². The number of aliphatic hydroxyl groups excluding tert-OH is 2. The van der Waals surface area contributed by atoms with Crippen LogP contribution >= 0.6 is 0 Å². The van der Waals surface area contributed by atoms with Crippen molar-refractivity contribution in [3.63, 3.8) is 0 Å². The van der Waals surface area contributed by atoms with E-state index in [4.69, 9.17) is 9.47 Å². The smallest absolute Gasteiger partial charge is 0.334 e. The van der Waals surface area contributed by atoms with E-state index in [0.717, 1.165) is 5.57 Å². The van der Waals surface area contributed by atoms with Crippen molar-refractivity contribution in [2.24, 2.45) is 17.3 Å². The molecule has 3 rings (SSSR count). The molecule has 6 nitrogen and oxygen atoms in total. The molecule has 2 aliphatic carbocycles. The first-order valence-corrected chi connectivity index (χ1v) is 8.38. The molecule has 0 spiro atoms. The average Bonchev–Trinajstić information content (AvgIpc) is 2.78. The summed E-state index contributed by atoms with van der Waals surface area (Å²) in [7, 11) is 0. The molecule has 1 aliphatic heterocycles. The van der Waals surface area contributed by atoms with E-state index >= 15 is 0 Å². The van der Waals surface area contributed by atoms with Gasteiger partial charge in [0.05, 0.1) is 12.0 Å². The molecule has 0 aromatic heterocycles. The summed E-state index contributed by atoms with van der Waals surface area (Å²) < 4.78 is 11.0. The van der Waals surface area contributed by atoms with Crippen molar-refractivity contribution >= 4 is 11.9 Å². The fourth-order valence-electron chi connectivity index (χ4n) is 4.76. The van der Waals surface area contributed by atoms with E-state index in [0.29, 0.717) is 0 Å². The fourth-order valence-corrected chi connectivity index (χ4v) is 4.76. The molecule has 0 aromatic carbocycles. The van der Waals surface area contributed by atoms with Crippen LogP contribution in [-0.2, 0) is 19.1 Å². The first-order valence-electron chi connectivity index (χ1n) is 8.38. The van der Waals surface area contributed by atoms with Crippen molar-refractivity contribution in [2.75, 3.05) is 0 Å². The second-order valence-corrected chi connectivity index (χ2v) is 7.68. The molecule has 3 aliphatic rings. The lowest BCUT2D eigenvalue weighted by Crippen LogP contribution is -2.60. The number of ether oxygens (including phenoxy) is 2. The predicted octanol–water partition coefficient (Wildman–Crippen LogP) is 1.28. The molecule has 1 heterocycles. The van der Waals surface area contributed by atoms with Gasteiger partial charge in [0, 0.05) is 22.5 Å². The maximum atomic E-state index is 12.1. The van der Waals surface area contributed by atoms with E-state index in [9.17, 15) is 19.8 Å². The van der Waals surface area contributed by atoms with E-state index in [1.54, 1.807) is 6.08 Å². The zero-order valence-corrected chi connectivity index (χ0v) is 14.7. The Hall–Kier alpha value is -1.92. The highest BCUT2D eigenvalue weighted by molar-refractivity contribution is 5.91. The number of carbonyl (C=O) groups excluding carboxylic acids is 2. The van der Waals surface area contributed by atoms with Gasteiger partial charge in [0.1, 0.15) is 18.3 Å². The minimum Gasteiger partial charge on any atom is -0.458 e. The summed E-state index contributed by atoms with van der Waals surface area (Å²) in [5.74, 6) is -1.87. The first-order chi connectivity index (χ1) is 11.6. The lowest BCUT2D eigenvalue weighted by Gasteiger charge is -2.54. The van der Waals surface area contributed by atoms with Gasteiger partial charge in [-0.15, -0.1) is 0 Å². The Morgan fingerprint density at radius 3 is 2.68 bits per heavy atom. The van der Waals surface area contributed by atoms with Gasteiger partial charge in [-0.1, -0.05) is 31.7 Å². The maximum absolute atomic E-state index is 12.1. The van der Waals surface area contributed by atoms with Crippen LogP contribution in [0, 0.1) is 17.3 Å². The highest BCUT2D eigenvalue weighted by Gasteiger charge is 2.63. The lowest BCUT2D eigenvalue weighted by molar-refractivity contribution is -0.188. The van der Waals surface area contributed by atoms with Crippen LogP contribution in [0.4, 0.5) is 0 Å². The Kier molecular flexibility index (Phi) is 4.16. The molecular formula is C19H24O6. The van der Waals surface area contributed by atoms with Gasteiger partial charge in [0.25, 0.3) is 0 Å². The third kappa shape index (κ3) is 2.55. The van der Waals surface area contributed by atoms with Gasteiger partial charge in [-0.05, 0) is 20.3 Å².